The van der Waals surface area contributed by atoms with E-state index in [1.54, 1.807) is 25.3 Å². The lowest BCUT2D eigenvalue weighted by molar-refractivity contribution is -0.113. The van der Waals surface area contributed by atoms with Crippen LogP contribution in [0, 0.1) is 0 Å². The van der Waals surface area contributed by atoms with Crippen LogP contribution in [0.2, 0.25) is 5.02 Å². The molecule has 8 heteroatoms. The second-order valence-corrected chi connectivity index (χ2v) is 7.97. The fraction of sp³-hybridized carbons (Fsp3) is 0.353. The van der Waals surface area contributed by atoms with E-state index < -0.39 is 0 Å². The summed E-state index contributed by atoms with van der Waals surface area (Å²) in [5.41, 5.74) is 1.56. The highest BCUT2D eigenvalue weighted by atomic mass is 35.5. The summed E-state index contributed by atoms with van der Waals surface area (Å²) in [6.07, 6.45) is 4.40. The summed E-state index contributed by atoms with van der Waals surface area (Å²) in [5.74, 6) is -0.323. The maximum atomic E-state index is 12.3. The molecule has 0 spiro atoms. The minimum absolute atomic E-state index is 0.174. The van der Waals surface area contributed by atoms with E-state index in [1.807, 2.05) is 0 Å². The van der Waals surface area contributed by atoms with Gasteiger partial charge in [-0.25, -0.2) is 9.78 Å². The number of pyridine rings is 1. The van der Waals surface area contributed by atoms with Gasteiger partial charge in [-0.3, -0.25) is 4.79 Å². The molecule has 25 heavy (non-hydrogen) atoms. The molecule has 0 aromatic carbocycles. The first-order valence-corrected chi connectivity index (χ1v) is 10.1. The number of amides is 1. The van der Waals surface area contributed by atoms with E-state index in [1.165, 1.54) is 28.0 Å². The van der Waals surface area contributed by atoms with Gasteiger partial charge in [0.15, 0.2) is 0 Å². The monoisotopic (exact) mass is 396 g/mol. The molecule has 2 aromatic rings. The van der Waals surface area contributed by atoms with Crippen molar-refractivity contribution in [3.05, 3.63) is 39.4 Å². The summed E-state index contributed by atoms with van der Waals surface area (Å²) in [6.45, 7) is 2.09. The number of carbonyl (C=O) groups excluding carboxylic acids is 2. The molecule has 0 unspecified atom stereocenters. The van der Waals surface area contributed by atoms with Gasteiger partial charge in [-0.1, -0.05) is 23.4 Å². The number of nitrogens with zero attached hydrogens (tertiary/aromatic N) is 1. The Kier molecular flexibility index (Phi) is 5.98. The average Bonchev–Trinajstić information content (AvgIpc) is 3.15. The standard InChI is InChI=1S/C17H17ClN2O3S2/c1-2-23-17(22)15-11-4-3-5-12(11)25-16(15)20-13(21)9-24-14-7-6-10(18)8-19-14/h6-8H,2-5,9H2,1H3,(H,20,21). The minimum atomic E-state index is -0.357. The number of ether oxygens (including phenoxy) is 1. The van der Waals surface area contributed by atoms with Gasteiger partial charge in [0.25, 0.3) is 0 Å². The smallest absolute Gasteiger partial charge is 0.341 e. The van der Waals surface area contributed by atoms with E-state index in [-0.39, 0.29) is 17.6 Å². The molecule has 3 rings (SSSR count). The van der Waals surface area contributed by atoms with Crippen molar-refractivity contribution in [3.63, 3.8) is 0 Å². The Labute approximate surface area is 159 Å². The third kappa shape index (κ3) is 4.34. The molecule has 0 aliphatic heterocycles. The average molecular weight is 397 g/mol. The quantitative estimate of drug-likeness (QED) is 0.585. The Morgan fingerprint density at radius 3 is 2.96 bits per heavy atom. The number of hydrogen-bond acceptors (Lipinski definition) is 6. The molecule has 5 nitrogen and oxygen atoms in total. The number of hydrogen-bond donors (Lipinski definition) is 1. The van der Waals surface area contributed by atoms with Crippen LogP contribution < -0.4 is 5.32 Å². The Morgan fingerprint density at radius 1 is 1.40 bits per heavy atom. The number of aromatic nitrogens is 1. The highest BCUT2D eigenvalue weighted by Crippen LogP contribution is 2.39. The van der Waals surface area contributed by atoms with Gasteiger partial charge in [-0.2, -0.15) is 0 Å². The van der Waals surface area contributed by atoms with Crippen LogP contribution >= 0.6 is 34.7 Å². The number of carbonyl (C=O) groups is 2. The van der Waals surface area contributed by atoms with Crippen LogP contribution in [0.4, 0.5) is 5.00 Å². The number of fused-ring (bicyclic) bond motifs is 1. The molecule has 0 bridgehead atoms. The van der Waals surface area contributed by atoms with Crippen molar-refractivity contribution >= 4 is 51.6 Å². The van der Waals surface area contributed by atoms with Gasteiger partial charge in [0.1, 0.15) is 5.00 Å². The molecule has 132 valence electrons. The molecule has 2 aromatic heterocycles. The fourth-order valence-corrected chi connectivity index (χ4v) is 4.71. The van der Waals surface area contributed by atoms with Crippen molar-refractivity contribution in [1.29, 1.82) is 0 Å². The molecular weight excluding hydrogens is 380 g/mol. The van der Waals surface area contributed by atoms with Gasteiger partial charge in [0.05, 0.1) is 28.0 Å². The molecule has 1 aliphatic rings. The number of aryl methyl sites for hydroxylation is 1. The van der Waals surface area contributed by atoms with Crippen molar-refractivity contribution < 1.29 is 14.3 Å². The Morgan fingerprint density at radius 2 is 2.24 bits per heavy atom. The van der Waals surface area contributed by atoms with Crippen molar-refractivity contribution in [2.45, 2.75) is 31.2 Å². The van der Waals surface area contributed by atoms with Gasteiger partial charge in [0.2, 0.25) is 5.91 Å². The number of halogens is 1. The summed E-state index contributed by atoms with van der Waals surface area (Å²) >= 11 is 8.60. The summed E-state index contributed by atoms with van der Waals surface area (Å²) in [7, 11) is 0. The summed E-state index contributed by atoms with van der Waals surface area (Å²) in [5, 5.41) is 4.74. The number of thiophene rings is 1. The van der Waals surface area contributed by atoms with Crippen molar-refractivity contribution in [3.8, 4) is 0 Å². The topological polar surface area (TPSA) is 68.3 Å². The highest BCUT2D eigenvalue weighted by molar-refractivity contribution is 7.99. The minimum Gasteiger partial charge on any atom is -0.462 e. The second-order valence-electron chi connectivity index (χ2n) is 5.43. The molecule has 0 radical (unpaired) electrons. The van der Waals surface area contributed by atoms with E-state index >= 15 is 0 Å². The predicted molar refractivity (Wildman–Crippen MR) is 101 cm³/mol. The van der Waals surface area contributed by atoms with Gasteiger partial charge in [-0.05, 0) is 43.9 Å². The molecule has 1 N–H and O–H groups in total. The second kappa shape index (κ2) is 8.21. The zero-order valence-electron chi connectivity index (χ0n) is 13.6. The lowest BCUT2D eigenvalue weighted by Gasteiger charge is -2.08. The normalized spacial score (nSPS) is 12.7. The van der Waals surface area contributed by atoms with Crippen LogP contribution in [0.5, 0.6) is 0 Å². The first-order chi connectivity index (χ1) is 12.1. The number of thioether (sulfide) groups is 1. The summed E-state index contributed by atoms with van der Waals surface area (Å²) in [6, 6.07) is 3.50. The molecule has 0 atom stereocenters. The molecule has 0 fully saturated rings. The Bertz CT molecular complexity index is 790. The highest BCUT2D eigenvalue weighted by Gasteiger charge is 2.28. The number of nitrogens with one attached hydrogen (secondary N) is 1. The maximum Gasteiger partial charge on any atom is 0.341 e. The Hall–Kier alpha value is -1.57. The molecule has 0 saturated carbocycles. The van der Waals surface area contributed by atoms with Crippen molar-refractivity contribution in [2.24, 2.45) is 0 Å². The molecule has 1 amide bonds. The van der Waals surface area contributed by atoms with Crippen LogP contribution in [0.15, 0.2) is 23.4 Å². The van der Waals surface area contributed by atoms with Crippen molar-refractivity contribution in [1.82, 2.24) is 4.98 Å². The fourth-order valence-electron chi connectivity index (χ4n) is 2.66. The third-order valence-electron chi connectivity index (χ3n) is 3.71. The van der Waals surface area contributed by atoms with Crippen LogP contribution in [-0.2, 0) is 22.4 Å². The van der Waals surface area contributed by atoms with E-state index in [0.29, 0.717) is 22.2 Å². The van der Waals surface area contributed by atoms with Crippen LogP contribution in [0.25, 0.3) is 0 Å². The zero-order valence-corrected chi connectivity index (χ0v) is 16.0. The van der Waals surface area contributed by atoms with Gasteiger partial charge in [0, 0.05) is 11.1 Å². The van der Waals surface area contributed by atoms with Crippen LogP contribution in [0.1, 0.15) is 34.1 Å². The number of esters is 1. The maximum absolute atomic E-state index is 12.3. The lowest BCUT2D eigenvalue weighted by atomic mass is 10.1. The zero-order chi connectivity index (χ0) is 17.8. The van der Waals surface area contributed by atoms with E-state index in [9.17, 15) is 9.59 Å². The van der Waals surface area contributed by atoms with E-state index in [4.69, 9.17) is 16.3 Å². The largest absolute Gasteiger partial charge is 0.462 e. The molecule has 2 heterocycles. The molecule has 0 saturated heterocycles. The third-order valence-corrected chi connectivity index (χ3v) is 6.08. The van der Waals surface area contributed by atoms with Crippen LogP contribution in [-0.4, -0.2) is 29.2 Å². The predicted octanol–water partition coefficient (Wildman–Crippen LogP) is 4.19. The first kappa shape index (κ1) is 18.2. The molecular formula is C17H17ClN2O3S2. The van der Waals surface area contributed by atoms with E-state index in [2.05, 4.69) is 10.3 Å². The Balaban J connectivity index is 1.68. The first-order valence-electron chi connectivity index (χ1n) is 7.94. The SMILES string of the molecule is CCOC(=O)c1c(NC(=O)CSc2ccc(Cl)cn2)sc2c1CCC2. The number of anilines is 1. The van der Waals surface area contributed by atoms with Crippen LogP contribution in [0.3, 0.4) is 0 Å². The van der Waals surface area contributed by atoms with Gasteiger partial charge >= 0.3 is 5.97 Å². The van der Waals surface area contributed by atoms with Crippen molar-refractivity contribution in [2.75, 3.05) is 17.7 Å². The van der Waals surface area contributed by atoms with Gasteiger partial charge in [-0.15, -0.1) is 11.3 Å². The van der Waals surface area contributed by atoms with Gasteiger partial charge < -0.3 is 10.1 Å². The number of rotatable bonds is 6. The lowest BCUT2D eigenvalue weighted by Crippen LogP contribution is -2.16. The van der Waals surface area contributed by atoms with E-state index in [0.717, 1.165) is 29.9 Å². The summed E-state index contributed by atoms with van der Waals surface area (Å²) < 4.78 is 5.16. The summed E-state index contributed by atoms with van der Waals surface area (Å²) in [4.78, 5) is 29.9. The molecule has 1 aliphatic carbocycles.